The van der Waals surface area contributed by atoms with Gasteiger partial charge in [0.1, 0.15) is 11.9 Å². The van der Waals surface area contributed by atoms with Crippen molar-refractivity contribution >= 4 is 27.6 Å². The monoisotopic (exact) mass is 337 g/mol. The summed E-state index contributed by atoms with van der Waals surface area (Å²) in [7, 11) is -3.88. The molecule has 0 heterocycles. The fourth-order valence-corrected chi connectivity index (χ4v) is 3.22. The summed E-state index contributed by atoms with van der Waals surface area (Å²) in [6, 6.07) is 2.48. The van der Waals surface area contributed by atoms with Gasteiger partial charge in [-0.1, -0.05) is 37.4 Å². The van der Waals surface area contributed by atoms with Crippen LogP contribution in [0.5, 0.6) is 0 Å². The van der Waals surface area contributed by atoms with Gasteiger partial charge in [0, 0.05) is 0 Å². The van der Waals surface area contributed by atoms with Crippen LogP contribution in [-0.2, 0) is 20.6 Å². The van der Waals surface area contributed by atoms with E-state index in [0.717, 1.165) is 12.5 Å². The van der Waals surface area contributed by atoms with Crippen LogP contribution in [0.2, 0.25) is 5.02 Å². The van der Waals surface area contributed by atoms with Gasteiger partial charge in [-0.15, -0.1) is 0 Å². The normalized spacial score (nSPS) is 13.1. The van der Waals surface area contributed by atoms with E-state index in [9.17, 15) is 17.6 Å². The highest BCUT2D eigenvalue weighted by molar-refractivity contribution is 7.88. The molecule has 5 nitrogen and oxygen atoms in total. The molecule has 1 aromatic carbocycles. The van der Waals surface area contributed by atoms with Crippen LogP contribution in [0.25, 0.3) is 0 Å². The zero-order chi connectivity index (χ0) is 16.0. The topological polar surface area (TPSA) is 83.5 Å². The molecule has 0 bridgehead atoms. The summed E-state index contributed by atoms with van der Waals surface area (Å²) < 4.78 is 39.3. The van der Waals surface area contributed by atoms with Crippen molar-refractivity contribution in [2.45, 2.75) is 38.0 Å². The average molecular weight is 338 g/mol. The van der Waals surface area contributed by atoms with E-state index in [-0.39, 0.29) is 17.0 Å². The number of nitrogens with one attached hydrogen (secondary N) is 1. The molecule has 118 valence electrons. The average Bonchev–Trinajstić information content (AvgIpc) is 2.38. The third kappa shape index (κ3) is 5.99. The lowest BCUT2D eigenvalue weighted by Crippen LogP contribution is -2.41. The highest BCUT2D eigenvalue weighted by Crippen LogP contribution is 2.17. The van der Waals surface area contributed by atoms with E-state index in [1.165, 1.54) is 12.1 Å². The second-order valence-electron chi connectivity index (χ2n) is 4.66. The Balaban J connectivity index is 2.79. The maximum atomic E-state index is 13.3. The highest BCUT2D eigenvalue weighted by atomic mass is 35.5. The van der Waals surface area contributed by atoms with E-state index in [4.69, 9.17) is 16.7 Å². The van der Waals surface area contributed by atoms with E-state index >= 15 is 0 Å². The number of unbranched alkanes of at least 4 members (excludes halogenated alkanes) is 1. The highest BCUT2D eigenvalue weighted by Gasteiger charge is 2.23. The van der Waals surface area contributed by atoms with Crippen LogP contribution in [-0.4, -0.2) is 25.5 Å². The summed E-state index contributed by atoms with van der Waals surface area (Å²) in [5.74, 6) is -2.45. The van der Waals surface area contributed by atoms with Crippen molar-refractivity contribution in [1.82, 2.24) is 4.72 Å². The Morgan fingerprint density at radius 1 is 1.48 bits per heavy atom. The summed E-state index contributed by atoms with van der Waals surface area (Å²) in [5.41, 5.74) is 0.198. The number of benzene rings is 1. The minimum atomic E-state index is -3.88. The number of carboxylic acids is 1. The van der Waals surface area contributed by atoms with Crippen molar-refractivity contribution in [3.05, 3.63) is 34.6 Å². The molecule has 1 rings (SSSR count). The van der Waals surface area contributed by atoms with Crippen LogP contribution >= 0.6 is 11.6 Å². The van der Waals surface area contributed by atoms with Crippen LogP contribution in [0, 0.1) is 5.82 Å². The first kappa shape index (κ1) is 17.9. The van der Waals surface area contributed by atoms with Crippen LogP contribution in [0.4, 0.5) is 4.39 Å². The van der Waals surface area contributed by atoms with Crippen molar-refractivity contribution in [3.8, 4) is 0 Å². The van der Waals surface area contributed by atoms with Crippen LogP contribution in [0.3, 0.4) is 0 Å². The van der Waals surface area contributed by atoms with Gasteiger partial charge in [-0.25, -0.2) is 17.5 Å². The minimum Gasteiger partial charge on any atom is -0.480 e. The molecule has 0 spiro atoms. The molecular formula is C13H17ClFNO4S. The van der Waals surface area contributed by atoms with Gasteiger partial charge in [0.25, 0.3) is 0 Å². The van der Waals surface area contributed by atoms with Gasteiger partial charge >= 0.3 is 5.97 Å². The summed E-state index contributed by atoms with van der Waals surface area (Å²) in [6.45, 7) is 1.88. The molecule has 0 saturated carbocycles. The fourth-order valence-electron chi connectivity index (χ4n) is 1.75. The van der Waals surface area contributed by atoms with Gasteiger partial charge in [-0.3, -0.25) is 4.79 Å². The molecule has 21 heavy (non-hydrogen) atoms. The van der Waals surface area contributed by atoms with Crippen LogP contribution in [0.15, 0.2) is 18.2 Å². The maximum absolute atomic E-state index is 13.3. The summed E-state index contributed by atoms with van der Waals surface area (Å²) in [6.07, 6.45) is 1.56. The Hall–Kier alpha value is -1.18. The second-order valence-corrected chi connectivity index (χ2v) is 6.82. The van der Waals surface area contributed by atoms with Gasteiger partial charge in [0.15, 0.2) is 0 Å². The molecule has 0 saturated heterocycles. The first-order valence-corrected chi connectivity index (χ1v) is 8.45. The number of sulfonamides is 1. The molecule has 2 N–H and O–H groups in total. The van der Waals surface area contributed by atoms with Crippen molar-refractivity contribution in [1.29, 1.82) is 0 Å². The number of carbonyl (C=O) groups is 1. The van der Waals surface area contributed by atoms with E-state index in [1.54, 1.807) is 0 Å². The molecule has 0 fully saturated rings. The molecular weight excluding hydrogens is 321 g/mol. The third-order valence-corrected chi connectivity index (χ3v) is 4.47. The zero-order valence-corrected chi connectivity index (χ0v) is 13.0. The Bertz CT molecular complexity index is 606. The van der Waals surface area contributed by atoms with Crippen molar-refractivity contribution in [2.75, 3.05) is 0 Å². The van der Waals surface area contributed by atoms with Gasteiger partial charge in [0.2, 0.25) is 10.0 Å². The largest absolute Gasteiger partial charge is 0.480 e. The van der Waals surface area contributed by atoms with Crippen LogP contribution < -0.4 is 4.72 Å². The SMILES string of the molecule is CCCC[C@H](NS(=O)(=O)Cc1ccc(Cl)c(F)c1)C(=O)O. The number of aliphatic carboxylic acids is 1. The Labute approximate surface area is 128 Å². The van der Waals surface area contributed by atoms with E-state index in [1.807, 2.05) is 6.92 Å². The molecule has 0 aromatic heterocycles. The Morgan fingerprint density at radius 2 is 2.14 bits per heavy atom. The molecule has 0 amide bonds. The van der Waals surface area contributed by atoms with E-state index < -0.39 is 33.6 Å². The second kappa shape index (κ2) is 7.72. The molecule has 0 aliphatic carbocycles. The molecule has 0 unspecified atom stereocenters. The van der Waals surface area contributed by atoms with E-state index in [2.05, 4.69) is 4.72 Å². The molecule has 8 heteroatoms. The molecule has 0 aliphatic heterocycles. The van der Waals surface area contributed by atoms with Crippen molar-refractivity contribution in [2.24, 2.45) is 0 Å². The number of halogens is 2. The molecule has 0 aliphatic rings. The number of hydrogen-bond acceptors (Lipinski definition) is 3. The Morgan fingerprint density at radius 3 is 2.67 bits per heavy atom. The number of rotatable bonds is 8. The first-order valence-electron chi connectivity index (χ1n) is 6.42. The summed E-state index contributed by atoms with van der Waals surface area (Å²) in [5, 5.41) is 8.90. The lowest BCUT2D eigenvalue weighted by atomic mass is 10.1. The predicted molar refractivity (Wildman–Crippen MR) is 78.1 cm³/mol. The first-order chi connectivity index (χ1) is 9.75. The quantitative estimate of drug-likeness (QED) is 0.763. The lowest BCUT2D eigenvalue weighted by molar-refractivity contribution is -0.139. The molecule has 1 atom stereocenters. The zero-order valence-electron chi connectivity index (χ0n) is 11.5. The van der Waals surface area contributed by atoms with Crippen molar-refractivity contribution in [3.63, 3.8) is 0 Å². The van der Waals surface area contributed by atoms with Gasteiger partial charge in [-0.05, 0) is 24.1 Å². The fraction of sp³-hybridized carbons (Fsp3) is 0.462. The van der Waals surface area contributed by atoms with Crippen molar-refractivity contribution < 1.29 is 22.7 Å². The maximum Gasteiger partial charge on any atom is 0.321 e. The standard InChI is InChI=1S/C13H17ClFNO4S/c1-2-3-4-12(13(17)18)16-21(19,20)8-9-5-6-10(14)11(15)7-9/h5-7,12,16H,2-4,8H2,1H3,(H,17,18)/t12-/m0/s1. The molecule has 0 radical (unpaired) electrons. The number of carboxylic acid groups (broad SMARTS) is 1. The van der Waals surface area contributed by atoms with E-state index in [0.29, 0.717) is 6.42 Å². The van der Waals surface area contributed by atoms with Crippen LogP contribution in [0.1, 0.15) is 31.7 Å². The Kier molecular flexibility index (Phi) is 6.57. The summed E-state index contributed by atoms with van der Waals surface area (Å²) in [4.78, 5) is 11.0. The van der Waals surface area contributed by atoms with Gasteiger partial charge in [0.05, 0.1) is 10.8 Å². The molecule has 1 aromatic rings. The van der Waals surface area contributed by atoms with Gasteiger partial charge < -0.3 is 5.11 Å². The predicted octanol–water partition coefficient (Wildman–Crippen LogP) is 2.54. The lowest BCUT2D eigenvalue weighted by Gasteiger charge is -2.14. The number of hydrogen-bond donors (Lipinski definition) is 2. The smallest absolute Gasteiger partial charge is 0.321 e. The summed E-state index contributed by atoms with van der Waals surface area (Å²) >= 11 is 5.52. The van der Waals surface area contributed by atoms with Gasteiger partial charge in [-0.2, -0.15) is 0 Å². The minimum absolute atomic E-state index is 0.101. The third-order valence-electron chi connectivity index (χ3n) is 2.81.